The third-order valence-electron chi connectivity index (χ3n) is 9.01. The van der Waals surface area contributed by atoms with E-state index in [0.29, 0.717) is 0 Å². The largest absolute Gasteiger partial charge is 0.512 e. The fourth-order valence-electron chi connectivity index (χ4n) is 4.94. The first-order chi connectivity index (χ1) is 18.8. The fourth-order valence-corrected chi connectivity index (χ4v) is 6.14. The van der Waals surface area contributed by atoms with Gasteiger partial charge in [0.2, 0.25) is 0 Å². The average molecular weight is 749 g/mol. The van der Waals surface area contributed by atoms with E-state index in [-0.39, 0.29) is 42.5 Å². The van der Waals surface area contributed by atoms with Gasteiger partial charge in [0.25, 0.3) is 0 Å². The number of hydrogen-bond donors (Lipinski definition) is 1. The van der Waals surface area contributed by atoms with Gasteiger partial charge in [-0.1, -0.05) is 73.6 Å². The Morgan fingerprint density at radius 3 is 2.10 bits per heavy atom. The summed E-state index contributed by atoms with van der Waals surface area (Å²) in [6.45, 7) is 20.7. The second-order valence-corrected chi connectivity index (χ2v) is 12.9. The Labute approximate surface area is 264 Å². The van der Waals surface area contributed by atoms with E-state index in [1.165, 1.54) is 37.6 Å². The van der Waals surface area contributed by atoms with Gasteiger partial charge in [-0.05, 0) is 62.2 Å². The molecule has 4 aromatic rings. The summed E-state index contributed by atoms with van der Waals surface area (Å²) in [6, 6.07) is 16.3. The topological polar surface area (TPSA) is 50.2 Å². The molecule has 1 radical (unpaired) electrons. The van der Waals surface area contributed by atoms with E-state index in [9.17, 15) is 9.90 Å². The van der Waals surface area contributed by atoms with Crippen molar-refractivity contribution in [3.05, 3.63) is 75.9 Å². The van der Waals surface area contributed by atoms with Gasteiger partial charge in [-0.25, -0.2) is 0 Å². The number of carbonyl (C=O) groups is 1. The third-order valence-corrected chi connectivity index (χ3v) is 10.2. The Morgan fingerprint density at radius 1 is 0.951 bits per heavy atom. The Kier molecular flexibility index (Phi) is 12.1. The summed E-state index contributed by atoms with van der Waals surface area (Å²) < 4.78 is 1.34. The van der Waals surface area contributed by atoms with Crippen LogP contribution in [0.4, 0.5) is 0 Å². The van der Waals surface area contributed by atoms with Gasteiger partial charge in [-0.3, -0.25) is 9.78 Å². The molecule has 0 aliphatic carbocycles. The number of fused-ring (bicyclic) bond motifs is 3. The zero-order valence-electron chi connectivity index (χ0n) is 26.4. The van der Waals surface area contributed by atoms with Crippen molar-refractivity contribution in [2.75, 3.05) is 0 Å². The van der Waals surface area contributed by atoms with E-state index in [1.54, 1.807) is 0 Å². The van der Waals surface area contributed by atoms with Crippen molar-refractivity contribution in [2.24, 2.45) is 10.8 Å². The summed E-state index contributed by atoms with van der Waals surface area (Å²) in [5.74, 6) is 0.286. The van der Waals surface area contributed by atoms with Crippen LogP contribution in [0.5, 0.6) is 0 Å². The van der Waals surface area contributed by atoms with Gasteiger partial charge >= 0.3 is 0 Å². The Hall–Kier alpha value is -2.33. The molecule has 0 spiro atoms. The predicted octanol–water partition coefficient (Wildman–Crippen LogP) is 10.8. The number of aromatic nitrogens is 1. The van der Waals surface area contributed by atoms with Crippen molar-refractivity contribution in [3.63, 3.8) is 0 Å². The van der Waals surface area contributed by atoms with Crippen molar-refractivity contribution >= 4 is 38.1 Å². The molecule has 223 valence electrons. The molecule has 0 saturated carbocycles. The predicted molar refractivity (Wildman–Crippen MR) is 173 cm³/mol. The van der Waals surface area contributed by atoms with Crippen LogP contribution >= 0.6 is 11.3 Å². The molecule has 0 fully saturated rings. The molecule has 3 nitrogen and oxygen atoms in total. The molecule has 5 heteroatoms. The number of nitrogens with zero attached hydrogens (tertiary/aromatic N) is 1. The van der Waals surface area contributed by atoms with Gasteiger partial charge in [0.15, 0.2) is 5.78 Å². The minimum absolute atomic E-state index is 0. The first-order valence-corrected chi connectivity index (χ1v) is 15.4. The number of hydrogen-bond acceptors (Lipinski definition) is 4. The van der Waals surface area contributed by atoms with Gasteiger partial charge in [-0.15, -0.1) is 46.2 Å². The average Bonchev–Trinajstić information content (AvgIpc) is 3.25. The number of para-hydroxylation sites is 1. The molecule has 1 N–H and O–H groups in total. The third kappa shape index (κ3) is 7.36. The molecular weight excluding hydrogens is 703 g/mol. The van der Waals surface area contributed by atoms with E-state index in [4.69, 9.17) is 4.98 Å². The van der Waals surface area contributed by atoms with Crippen molar-refractivity contribution < 1.29 is 30.0 Å². The Bertz CT molecular complexity index is 1520. The molecule has 0 aliphatic heterocycles. The SMILES string of the molecule is CCC(C)(CC)C(=O)/C=C(\O)C(C)(CC)CC.Cc1[c-]c(-c2nc3ccccc3c3sc(C)c(C)c23)cc(C)c1.[Ir]. The minimum Gasteiger partial charge on any atom is -0.512 e. The molecule has 0 amide bonds. The summed E-state index contributed by atoms with van der Waals surface area (Å²) in [5.41, 5.74) is 6.37. The molecule has 2 heterocycles. The number of benzene rings is 2. The normalized spacial score (nSPS) is 12.2. The molecule has 4 rings (SSSR count). The second-order valence-electron chi connectivity index (χ2n) is 11.6. The van der Waals surface area contributed by atoms with E-state index in [1.807, 2.05) is 52.9 Å². The van der Waals surface area contributed by atoms with Gasteiger partial charge in [0.1, 0.15) is 5.76 Å². The number of allylic oxidation sites excluding steroid dienone is 2. The monoisotopic (exact) mass is 749 g/mol. The maximum atomic E-state index is 12.2. The van der Waals surface area contributed by atoms with Crippen LogP contribution in [-0.4, -0.2) is 15.9 Å². The smallest absolute Gasteiger partial charge is 0.164 e. The quantitative estimate of drug-likeness (QED) is 0.111. The first-order valence-electron chi connectivity index (χ1n) is 14.6. The van der Waals surface area contributed by atoms with Crippen molar-refractivity contribution in [2.45, 2.75) is 94.9 Å². The number of rotatable bonds is 8. The van der Waals surface area contributed by atoms with E-state index in [2.05, 4.69) is 70.2 Å². The van der Waals surface area contributed by atoms with Gasteiger partial charge in [-0.2, -0.15) is 0 Å². The van der Waals surface area contributed by atoms with Gasteiger partial charge in [0, 0.05) is 52.0 Å². The zero-order valence-corrected chi connectivity index (χ0v) is 29.6. The van der Waals surface area contributed by atoms with Crippen LogP contribution in [-0.2, 0) is 24.9 Å². The van der Waals surface area contributed by atoms with Crippen molar-refractivity contribution in [1.82, 2.24) is 4.98 Å². The second kappa shape index (κ2) is 14.2. The molecule has 0 atom stereocenters. The molecule has 0 unspecified atom stereocenters. The van der Waals surface area contributed by atoms with Gasteiger partial charge in [0.05, 0.1) is 5.52 Å². The molecule has 0 aliphatic rings. The number of aryl methyl sites for hydroxylation is 4. The molecular formula is C36H46IrNO2S-. The summed E-state index contributed by atoms with van der Waals surface area (Å²) in [5, 5.41) is 12.7. The van der Waals surface area contributed by atoms with Crippen molar-refractivity contribution in [1.29, 1.82) is 0 Å². The van der Waals surface area contributed by atoms with Crippen LogP contribution < -0.4 is 0 Å². The molecule has 2 aromatic carbocycles. The summed E-state index contributed by atoms with van der Waals surface area (Å²) in [4.78, 5) is 18.5. The Morgan fingerprint density at radius 2 is 1.54 bits per heavy atom. The number of aliphatic hydroxyl groups is 1. The number of ketones is 1. The number of carbonyl (C=O) groups excluding carboxylic acids is 1. The van der Waals surface area contributed by atoms with Gasteiger partial charge < -0.3 is 5.11 Å². The summed E-state index contributed by atoms with van der Waals surface area (Å²) >= 11 is 1.87. The van der Waals surface area contributed by atoms with E-state index >= 15 is 0 Å². The van der Waals surface area contributed by atoms with Crippen LogP contribution in [0.3, 0.4) is 0 Å². The number of aliphatic hydroxyl groups excluding tert-OH is 1. The minimum atomic E-state index is -0.337. The Balaban J connectivity index is 0.000000296. The molecule has 0 saturated heterocycles. The maximum absolute atomic E-state index is 12.2. The van der Waals surface area contributed by atoms with Crippen LogP contribution in [0.25, 0.3) is 32.2 Å². The first kappa shape index (κ1) is 34.9. The summed E-state index contributed by atoms with van der Waals surface area (Å²) in [6.07, 6.45) is 4.75. The molecule has 0 bridgehead atoms. The number of thiophene rings is 1. The van der Waals surface area contributed by atoms with Crippen LogP contribution in [0.1, 0.15) is 88.8 Å². The molecule has 41 heavy (non-hydrogen) atoms. The standard InChI is InChI=1S/C21H18NS.C15H28O2.Ir/c1-12-9-13(2)11-16(10-12)20-19-14(3)15(4)23-21(19)17-7-5-6-8-18(17)22-20;1-7-14(5,8-2)12(16)11-13(17)15(6,9-3)10-4;/h5-10H,1-4H3;11,16H,7-10H2,1-6H3;/q-1;;/b;12-11-;. The fraction of sp³-hybridized carbons (Fsp3) is 0.444. The van der Waals surface area contributed by atoms with Crippen LogP contribution in [0, 0.1) is 44.6 Å². The van der Waals surface area contributed by atoms with Crippen LogP contribution in [0.2, 0.25) is 0 Å². The number of pyridine rings is 1. The zero-order chi connectivity index (χ0) is 29.8. The van der Waals surface area contributed by atoms with Crippen LogP contribution in [0.15, 0.2) is 48.2 Å². The molecule has 2 aromatic heterocycles. The van der Waals surface area contributed by atoms with Crippen molar-refractivity contribution in [3.8, 4) is 11.3 Å². The van der Waals surface area contributed by atoms with E-state index in [0.717, 1.165) is 48.0 Å². The van der Waals surface area contributed by atoms with E-state index < -0.39 is 0 Å². The maximum Gasteiger partial charge on any atom is 0.164 e. The summed E-state index contributed by atoms with van der Waals surface area (Å²) in [7, 11) is 0.